The van der Waals surface area contributed by atoms with Gasteiger partial charge >= 0.3 is 0 Å². The van der Waals surface area contributed by atoms with Gasteiger partial charge in [0.2, 0.25) is 0 Å². The van der Waals surface area contributed by atoms with Crippen LogP contribution in [0.3, 0.4) is 0 Å². The maximum atomic E-state index is 0. The Morgan fingerprint density at radius 3 is 0.105 bits per heavy atom. The van der Waals surface area contributed by atoms with E-state index in [0.717, 1.165) is 0 Å². The molecule has 0 aliphatic carbocycles. The van der Waals surface area contributed by atoms with E-state index >= 15 is 0 Å². The molecule has 0 aliphatic heterocycles. The van der Waals surface area contributed by atoms with E-state index in [1.807, 2.05) is 0 Å². The molecular formula is Co17Sm2. The zero-order chi connectivity index (χ0) is 0. The fourth-order valence-corrected chi connectivity index (χ4v) is 0. The van der Waals surface area contributed by atoms with Crippen LogP contribution in [0.15, 0.2) is 0 Å². The standard InChI is InChI=1S/17Co.2Sm. The molecule has 0 aromatic rings. The minimum atomic E-state index is 0. The molecule has 0 unspecified atom stereocenters. The Labute approximate surface area is 356 Å². The van der Waals surface area contributed by atoms with Crippen LogP contribution in [0.1, 0.15) is 0 Å². The maximum Gasteiger partial charge on any atom is 0 e. The van der Waals surface area contributed by atoms with Crippen molar-refractivity contribution in [3.8, 4) is 0 Å². The Morgan fingerprint density at radius 1 is 0.105 bits per heavy atom. The van der Waals surface area contributed by atoms with Crippen molar-refractivity contribution in [2.24, 2.45) is 0 Å². The maximum absolute atomic E-state index is 0. The first-order valence-corrected chi connectivity index (χ1v) is 0. The zero-order valence-corrected chi connectivity index (χ0v) is 29.4. The average molecular weight is 1300 g/mol. The minimum Gasteiger partial charge on any atom is 0 e. The summed E-state index contributed by atoms with van der Waals surface area (Å²) in [5, 5.41) is 0. The fourth-order valence-electron chi connectivity index (χ4n) is 0. The Bertz CT molecular complexity index is 9.22. The molecule has 0 N–H and O–H groups in total. The van der Waals surface area contributed by atoms with Crippen molar-refractivity contribution in [3.05, 3.63) is 0 Å². The second kappa shape index (κ2) is 184. The van der Waals surface area contributed by atoms with Gasteiger partial charge in [0, 0.05) is 366 Å². The van der Waals surface area contributed by atoms with Crippen molar-refractivity contribution < 1.29 is 366 Å². The van der Waals surface area contributed by atoms with Gasteiger partial charge in [0.1, 0.15) is 0 Å². The van der Waals surface area contributed by atoms with E-state index in [4.69, 9.17) is 0 Å². The Kier molecular flexibility index (Phi) is 1970. The van der Waals surface area contributed by atoms with E-state index in [2.05, 4.69) is 0 Å². The first kappa shape index (κ1) is 204. The second-order valence-corrected chi connectivity index (χ2v) is 0. The first-order chi connectivity index (χ1) is 0. The fraction of sp³-hybridized carbons (Fsp3) is 0. The summed E-state index contributed by atoms with van der Waals surface area (Å²) in [6, 6.07) is 0. The molecule has 17 radical (unpaired) electrons. The monoisotopic (exact) mass is 1310 g/mol. The van der Waals surface area contributed by atoms with E-state index in [1.165, 1.54) is 0 Å². The van der Waals surface area contributed by atoms with Crippen LogP contribution >= 0.6 is 0 Å². The smallest absolute Gasteiger partial charge is 0 e. The molecular weight excluding hydrogens is 1300 g/mol. The predicted octanol–water partition coefficient (Wildman–Crippen LogP) is -0.0425. The van der Waals surface area contributed by atoms with E-state index in [0.29, 0.717) is 0 Å². The van der Waals surface area contributed by atoms with Gasteiger partial charge in [-0.05, 0) is 0 Å². The van der Waals surface area contributed by atoms with Crippen molar-refractivity contribution in [1.29, 1.82) is 0 Å². The second-order valence-electron chi connectivity index (χ2n) is 0. The summed E-state index contributed by atoms with van der Waals surface area (Å²) in [6.07, 6.45) is 0. The molecule has 0 fully saturated rings. The Hall–Kier alpha value is 11.3. The van der Waals surface area contributed by atoms with Crippen LogP contribution in [0.5, 0.6) is 0 Å². The molecule has 19 heavy (non-hydrogen) atoms. The third-order valence-corrected chi connectivity index (χ3v) is 0. The van der Waals surface area contributed by atoms with Crippen LogP contribution in [0.25, 0.3) is 0 Å². The summed E-state index contributed by atoms with van der Waals surface area (Å²) in [4.78, 5) is 0. The van der Waals surface area contributed by atoms with Crippen LogP contribution in [0, 0.1) is 80.8 Å². The molecule has 0 aromatic heterocycles. The third kappa shape index (κ3) is 171. The van der Waals surface area contributed by atoms with Gasteiger partial charge in [-0.2, -0.15) is 0 Å². The van der Waals surface area contributed by atoms with E-state index in [-0.39, 0.29) is 366 Å². The molecule has 19 heteroatoms. The number of rotatable bonds is 0. The summed E-state index contributed by atoms with van der Waals surface area (Å²) >= 11 is 0. The number of hydrogen-bond acceptors (Lipinski definition) is 0. The van der Waals surface area contributed by atoms with Crippen molar-refractivity contribution in [2.75, 3.05) is 0 Å². The normalized spacial score (nSPS) is 0. The van der Waals surface area contributed by atoms with Crippen molar-refractivity contribution in [3.63, 3.8) is 0 Å². The molecule has 0 saturated heterocycles. The Morgan fingerprint density at radius 2 is 0.105 bits per heavy atom. The first-order valence-electron chi connectivity index (χ1n) is 0. The zero-order valence-electron chi connectivity index (χ0n) is 6.48. The molecule has 0 nitrogen and oxygen atoms in total. The molecule has 0 spiro atoms. The molecule has 165 valence electrons. The third-order valence-electron chi connectivity index (χ3n) is 0. The molecule has 0 aliphatic rings. The molecule has 0 rings (SSSR count). The van der Waals surface area contributed by atoms with Gasteiger partial charge in [-0.15, -0.1) is 0 Å². The van der Waals surface area contributed by atoms with E-state index in [1.54, 1.807) is 0 Å². The van der Waals surface area contributed by atoms with E-state index < -0.39 is 0 Å². The van der Waals surface area contributed by atoms with Gasteiger partial charge in [-0.25, -0.2) is 0 Å². The van der Waals surface area contributed by atoms with Crippen LogP contribution in [-0.2, 0) is 285 Å². The topological polar surface area (TPSA) is 0 Å². The van der Waals surface area contributed by atoms with Crippen molar-refractivity contribution in [2.45, 2.75) is 0 Å². The average Bonchev–Trinajstić information content (AvgIpc) is 0. The Balaban J connectivity index is 0. The summed E-state index contributed by atoms with van der Waals surface area (Å²) in [7, 11) is 0. The van der Waals surface area contributed by atoms with Gasteiger partial charge in [0.05, 0.1) is 0 Å². The van der Waals surface area contributed by atoms with Crippen LogP contribution in [0.4, 0.5) is 0 Å². The molecule has 0 amide bonds. The minimum absolute atomic E-state index is 0. The number of hydrogen-bond donors (Lipinski definition) is 0. The SMILES string of the molecule is [Co].[Co].[Co].[Co].[Co].[Co].[Co].[Co].[Co].[Co].[Co].[Co].[Co].[Co].[Co].[Co].[Co].[Sm].[Sm]. The molecule has 0 bridgehead atoms. The van der Waals surface area contributed by atoms with Gasteiger partial charge in [-0.1, -0.05) is 0 Å². The van der Waals surface area contributed by atoms with Crippen molar-refractivity contribution in [1.82, 2.24) is 0 Å². The predicted molar refractivity (Wildman–Crippen MR) is 0 cm³/mol. The van der Waals surface area contributed by atoms with E-state index in [9.17, 15) is 0 Å². The van der Waals surface area contributed by atoms with Crippen LogP contribution < -0.4 is 0 Å². The van der Waals surface area contributed by atoms with Gasteiger partial charge < -0.3 is 0 Å². The van der Waals surface area contributed by atoms with Gasteiger partial charge in [0.15, 0.2) is 0 Å². The van der Waals surface area contributed by atoms with Crippen LogP contribution in [0.2, 0.25) is 0 Å². The summed E-state index contributed by atoms with van der Waals surface area (Å²) in [5.41, 5.74) is 0. The summed E-state index contributed by atoms with van der Waals surface area (Å²) in [5.74, 6) is 0. The van der Waals surface area contributed by atoms with Gasteiger partial charge in [-0.3, -0.25) is 0 Å². The van der Waals surface area contributed by atoms with Crippen molar-refractivity contribution >= 4 is 0 Å². The molecule has 0 atom stereocenters. The quantitative estimate of drug-likeness (QED) is 0.320. The molecule has 0 heterocycles. The summed E-state index contributed by atoms with van der Waals surface area (Å²) in [6.45, 7) is 0. The largest absolute Gasteiger partial charge is 0 e. The summed E-state index contributed by atoms with van der Waals surface area (Å²) < 4.78 is 0. The molecule has 0 saturated carbocycles. The molecule has 0 aromatic carbocycles. The van der Waals surface area contributed by atoms with Gasteiger partial charge in [0.25, 0.3) is 0 Å². The van der Waals surface area contributed by atoms with Crippen LogP contribution in [-0.4, -0.2) is 0 Å².